The van der Waals surface area contributed by atoms with E-state index in [0.717, 1.165) is 4.90 Å². The molecular formula is C19H21N3O5S. The van der Waals surface area contributed by atoms with Crippen molar-refractivity contribution in [1.29, 1.82) is 0 Å². The zero-order valence-corrected chi connectivity index (χ0v) is 16.8. The lowest BCUT2D eigenvalue weighted by Crippen LogP contribution is -2.74. The van der Waals surface area contributed by atoms with Gasteiger partial charge in [0.2, 0.25) is 0 Å². The molecule has 2 amide bonds. The fourth-order valence-corrected chi connectivity index (χ4v) is 6.32. The summed E-state index contributed by atoms with van der Waals surface area (Å²) in [6, 6.07) is 6.78. The highest BCUT2D eigenvalue weighted by molar-refractivity contribution is 7.87. The predicted octanol–water partition coefficient (Wildman–Crippen LogP) is 0.585. The third-order valence-corrected chi connectivity index (χ3v) is 7.87. The zero-order chi connectivity index (χ0) is 20.6. The first kappa shape index (κ1) is 18.8. The molecule has 3 heterocycles. The molecule has 0 unspecified atom stereocenters. The Labute approximate surface area is 164 Å². The van der Waals surface area contributed by atoms with Crippen molar-refractivity contribution in [2.75, 3.05) is 0 Å². The zero-order valence-electron chi connectivity index (χ0n) is 15.9. The topological polar surface area (TPSA) is 107 Å². The Morgan fingerprint density at radius 1 is 1.14 bits per heavy atom. The van der Waals surface area contributed by atoms with Crippen LogP contribution in [0, 0.1) is 0 Å². The molecule has 2 fully saturated rings. The van der Waals surface area contributed by atoms with Gasteiger partial charge in [-0.25, -0.2) is 4.79 Å². The highest BCUT2D eigenvalue weighted by Gasteiger charge is 2.71. The van der Waals surface area contributed by atoms with E-state index in [2.05, 4.69) is 4.99 Å². The van der Waals surface area contributed by atoms with Crippen molar-refractivity contribution in [1.82, 2.24) is 9.80 Å². The van der Waals surface area contributed by atoms with Crippen LogP contribution in [0.5, 0.6) is 0 Å². The monoisotopic (exact) mass is 403 g/mol. The number of fused-ring (bicyclic) bond motifs is 1. The van der Waals surface area contributed by atoms with Crippen molar-refractivity contribution in [2.45, 2.75) is 55.6 Å². The second kappa shape index (κ2) is 5.73. The molecule has 1 aromatic rings. The number of amides is 2. The Hall–Kier alpha value is -2.55. The summed E-state index contributed by atoms with van der Waals surface area (Å²) in [5.74, 6) is -2.11. The number of hydrogen-bond donors (Lipinski definition) is 1. The van der Waals surface area contributed by atoms with E-state index < -0.39 is 56.5 Å². The van der Waals surface area contributed by atoms with E-state index in [9.17, 15) is 23.7 Å². The van der Waals surface area contributed by atoms with E-state index in [0.29, 0.717) is 5.56 Å². The van der Waals surface area contributed by atoms with E-state index >= 15 is 0 Å². The number of nitrogens with zero attached hydrogens (tertiary/aromatic N) is 3. The molecule has 0 radical (unpaired) electrons. The molecule has 0 saturated carbocycles. The molecule has 1 aromatic carbocycles. The molecule has 3 aliphatic rings. The van der Waals surface area contributed by atoms with E-state index in [4.69, 9.17) is 0 Å². The van der Waals surface area contributed by atoms with Crippen LogP contribution in [0.2, 0.25) is 0 Å². The number of aliphatic carboxylic acids is 1. The summed E-state index contributed by atoms with van der Waals surface area (Å²) >= 11 is 0. The summed E-state index contributed by atoms with van der Waals surface area (Å²) in [7, 11) is -1.64. The van der Waals surface area contributed by atoms with Crippen LogP contribution in [0.25, 0.3) is 0 Å². The summed E-state index contributed by atoms with van der Waals surface area (Å²) in [6.45, 7) is 6.59. The number of carbonyl (C=O) groups excluding carboxylic acids is 2. The van der Waals surface area contributed by atoms with Gasteiger partial charge in [-0.3, -0.25) is 23.7 Å². The SMILES string of the molecule is CC1(C)N=C(c2ccccc2)C(=O)N1[C@@H]1C(=O)N2[C@@H]1[S@](=O)C(C)(C)[C@@H]2C(=O)O. The van der Waals surface area contributed by atoms with Gasteiger partial charge in [-0.05, 0) is 27.7 Å². The van der Waals surface area contributed by atoms with Gasteiger partial charge in [-0.15, -0.1) is 0 Å². The number of hydrogen-bond acceptors (Lipinski definition) is 5. The Kier molecular flexibility index (Phi) is 3.85. The van der Waals surface area contributed by atoms with Crippen LogP contribution < -0.4 is 0 Å². The van der Waals surface area contributed by atoms with Gasteiger partial charge in [0.1, 0.15) is 28.8 Å². The normalized spacial score (nSPS) is 32.8. The molecule has 9 heteroatoms. The second-order valence-electron chi connectivity index (χ2n) is 8.22. The molecule has 0 bridgehead atoms. The highest BCUT2D eigenvalue weighted by Crippen LogP contribution is 2.47. The quantitative estimate of drug-likeness (QED) is 0.743. The van der Waals surface area contributed by atoms with Crippen molar-refractivity contribution in [3.8, 4) is 0 Å². The van der Waals surface area contributed by atoms with Gasteiger partial charge in [0.25, 0.3) is 11.8 Å². The first-order chi connectivity index (χ1) is 13.0. The first-order valence-corrected chi connectivity index (χ1v) is 10.2. The summed E-state index contributed by atoms with van der Waals surface area (Å²) in [4.78, 5) is 44.9. The average molecular weight is 403 g/mol. The van der Waals surface area contributed by atoms with Crippen molar-refractivity contribution in [2.24, 2.45) is 4.99 Å². The molecule has 0 aliphatic carbocycles. The lowest BCUT2D eigenvalue weighted by molar-refractivity contribution is -0.170. The minimum absolute atomic E-state index is 0.245. The van der Waals surface area contributed by atoms with Crippen LogP contribution in [0.3, 0.4) is 0 Å². The van der Waals surface area contributed by atoms with Crippen molar-refractivity contribution in [3.63, 3.8) is 0 Å². The fourth-order valence-electron chi connectivity index (χ4n) is 4.36. The maximum Gasteiger partial charge on any atom is 0.328 e. The molecule has 148 valence electrons. The van der Waals surface area contributed by atoms with Gasteiger partial charge in [0.05, 0.1) is 15.5 Å². The molecule has 4 rings (SSSR count). The molecule has 3 aliphatic heterocycles. The van der Waals surface area contributed by atoms with Crippen LogP contribution in [-0.4, -0.2) is 70.5 Å². The largest absolute Gasteiger partial charge is 0.480 e. The van der Waals surface area contributed by atoms with Gasteiger partial charge in [0, 0.05) is 5.56 Å². The maximum absolute atomic E-state index is 13.2. The van der Waals surface area contributed by atoms with Crippen molar-refractivity contribution < 1.29 is 23.7 Å². The third kappa shape index (κ3) is 2.25. The third-order valence-electron chi connectivity index (χ3n) is 5.68. The van der Waals surface area contributed by atoms with E-state index in [1.165, 1.54) is 4.90 Å². The average Bonchev–Trinajstić information content (AvgIpc) is 2.96. The van der Waals surface area contributed by atoms with Gasteiger partial charge >= 0.3 is 5.97 Å². The van der Waals surface area contributed by atoms with Gasteiger partial charge in [0.15, 0.2) is 0 Å². The van der Waals surface area contributed by atoms with E-state index in [1.807, 2.05) is 6.07 Å². The minimum Gasteiger partial charge on any atom is -0.480 e. The summed E-state index contributed by atoms with van der Waals surface area (Å²) in [5, 5.41) is 8.72. The summed E-state index contributed by atoms with van der Waals surface area (Å²) in [6.07, 6.45) is 0. The van der Waals surface area contributed by atoms with E-state index in [-0.39, 0.29) is 5.71 Å². The van der Waals surface area contributed by atoms with Gasteiger partial charge < -0.3 is 10.0 Å². The number of rotatable bonds is 3. The number of carbonyl (C=O) groups is 3. The molecule has 8 nitrogen and oxygen atoms in total. The fraction of sp³-hybridized carbons (Fsp3) is 0.474. The lowest BCUT2D eigenvalue weighted by Gasteiger charge is -2.49. The number of carboxylic acids is 1. The Morgan fingerprint density at radius 3 is 2.32 bits per heavy atom. The standard InChI is InChI=1S/C19H21N3O5S/c1-18(2)13(17(25)26)21-15(24)12(16(21)28(18)27)22-14(23)11(20-19(22,3)4)10-8-6-5-7-9-10/h5-9,12-13,16H,1-4H3,(H,25,26)/t12-,13+,16-,28+/m1/s1. The number of benzene rings is 1. The molecule has 4 atom stereocenters. The Bertz CT molecular complexity index is 956. The van der Waals surface area contributed by atoms with Crippen LogP contribution in [-0.2, 0) is 25.2 Å². The molecule has 1 N–H and O–H groups in total. The highest BCUT2D eigenvalue weighted by atomic mass is 32.2. The van der Waals surface area contributed by atoms with Crippen molar-refractivity contribution >= 4 is 34.3 Å². The minimum atomic E-state index is -1.64. The predicted molar refractivity (Wildman–Crippen MR) is 102 cm³/mol. The van der Waals surface area contributed by atoms with Crippen molar-refractivity contribution in [3.05, 3.63) is 35.9 Å². The molecule has 0 spiro atoms. The summed E-state index contributed by atoms with van der Waals surface area (Å²) in [5.41, 5.74) is -0.123. The van der Waals surface area contributed by atoms with E-state index in [1.54, 1.807) is 52.0 Å². The number of carboxylic acid groups (broad SMARTS) is 1. The van der Waals surface area contributed by atoms with Crippen LogP contribution in [0.1, 0.15) is 33.3 Å². The molecule has 2 saturated heterocycles. The first-order valence-electron chi connectivity index (χ1n) is 8.95. The lowest BCUT2D eigenvalue weighted by atomic mass is 9.94. The number of β-lactam (4-membered cyclic amide) rings is 1. The Balaban J connectivity index is 1.72. The smallest absolute Gasteiger partial charge is 0.328 e. The molecule has 0 aromatic heterocycles. The number of aliphatic imine (C=N–C) groups is 1. The van der Waals surface area contributed by atoms with Crippen LogP contribution in [0.4, 0.5) is 0 Å². The van der Waals surface area contributed by atoms with Crippen LogP contribution in [0.15, 0.2) is 35.3 Å². The molecular weight excluding hydrogens is 382 g/mol. The van der Waals surface area contributed by atoms with Gasteiger partial charge in [-0.1, -0.05) is 30.3 Å². The molecule has 28 heavy (non-hydrogen) atoms. The Morgan fingerprint density at radius 2 is 1.75 bits per heavy atom. The maximum atomic E-state index is 13.2. The van der Waals surface area contributed by atoms with Gasteiger partial charge in [-0.2, -0.15) is 0 Å². The summed E-state index contributed by atoms with van der Waals surface area (Å²) < 4.78 is 11.9. The van der Waals surface area contributed by atoms with Crippen LogP contribution >= 0.6 is 0 Å². The second-order valence-corrected chi connectivity index (χ2v) is 10.3.